The Morgan fingerprint density at radius 3 is 2.00 bits per heavy atom. The minimum Gasteiger partial charge on any atom is -0.461 e. The largest absolute Gasteiger partial charge is 0.461 e. The minimum absolute atomic E-state index is 0. The molecule has 1 rings (SSSR count). The molecule has 0 N–H and O–H groups in total. The van der Waals surface area contributed by atoms with Gasteiger partial charge in [0.1, 0.15) is 0 Å². The second-order valence-corrected chi connectivity index (χ2v) is 6.04. The van der Waals surface area contributed by atoms with E-state index in [4.69, 9.17) is 9.47 Å². The molecule has 0 amide bonds. The molecule has 1 aliphatic rings. The summed E-state index contributed by atoms with van der Waals surface area (Å²) in [7, 11) is 0. The molecule has 1 aliphatic heterocycles. The van der Waals surface area contributed by atoms with E-state index < -0.39 is 0 Å². The van der Waals surface area contributed by atoms with Crippen LogP contribution in [0.4, 0.5) is 0 Å². The molecule has 0 aromatic heterocycles. The molecular weight excluding hydrogens is 275 g/mol. The summed E-state index contributed by atoms with van der Waals surface area (Å²) in [4.78, 5) is 11.4. The summed E-state index contributed by atoms with van der Waals surface area (Å²) in [5.74, 6) is -0.176. The quantitative estimate of drug-likeness (QED) is 0.221. The first-order valence-corrected chi connectivity index (χ1v) is 8.56. The Labute approximate surface area is 152 Å². The van der Waals surface area contributed by atoms with Gasteiger partial charge in [-0.15, -0.1) is 0 Å². The van der Waals surface area contributed by atoms with E-state index >= 15 is 0 Å². The van der Waals surface area contributed by atoms with E-state index in [0.717, 1.165) is 12.8 Å². The maximum Gasteiger partial charge on any atom is 0.337 e. The first-order chi connectivity index (χ1) is 9.74. The molecule has 2 unspecified atom stereocenters. The summed E-state index contributed by atoms with van der Waals surface area (Å²) < 4.78 is 10.2. The number of carbonyl (C=O) groups excluding carboxylic acids is 1. The Hall–Kier alpha value is 0.430. The Bertz CT molecular complexity index is 254. The second kappa shape index (κ2) is 14.0. The van der Waals surface area contributed by atoms with E-state index in [-0.39, 0.29) is 47.7 Å². The van der Waals surface area contributed by atoms with Crippen LogP contribution >= 0.6 is 0 Å². The van der Waals surface area contributed by atoms with Crippen molar-refractivity contribution >= 4 is 35.5 Å². The fraction of sp³-hybridized carbons (Fsp3) is 0.941. The summed E-state index contributed by atoms with van der Waals surface area (Å²) in [5, 5.41) is 0. The molecule has 0 bridgehead atoms. The fourth-order valence-electron chi connectivity index (χ4n) is 2.44. The van der Waals surface area contributed by atoms with Gasteiger partial charge in [0.25, 0.3) is 0 Å². The van der Waals surface area contributed by atoms with Crippen molar-refractivity contribution in [2.75, 3.05) is 6.61 Å². The number of epoxide rings is 1. The maximum atomic E-state index is 11.4. The molecule has 2 atom stereocenters. The van der Waals surface area contributed by atoms with Gasteiger partial charge in [0.05, 0.1) is 12.7 Å². The average Bonchev–Trinajstić information content (AvgIpc) is 3.25. The van der Waals surface area contributed by atoms with Crippen LogP contribution in [0.5, 0.6) is 0 Å². The van der Waals surface area contributed by atoms with E-state index in [1.165, 1.54) is 57.8 Å². The summed E-state index contributed by atoms with van der Waals surface area (Å²) >= 11 is 0. The van der Waals surface area contributed by atoms with Gasteiger partial charge in [-0.2, -0.15) is 0 Å². The van der Waals surface area contributed by atoms with Gasteiger partial charge in [0, 0.05) is 29.6 Å². The Morgan fingerprint density at radius 1 is 1.05 bits per heavy atom. The number of esters is 1. The molecular formula is C17H32NaO3. The Kier molecular flexibility index (Phi) is 14.3. The maximum absolute atomic E-state index is 11.4. The number of hydrogen-bond donors (Lipinski definition) is 0. The van der Waals surface area contributed by atoms with E-state index in [9.17, 15) is 4.79 Å². The van der Waals surface area contributed by atoms with Crippen molar-refractivity contribution in [3.05, 3.63) is 0 Å². The van der Waals surface area contributed by atoms with Gasteiger partial charge in [-0.25, -0.2) is 4.79 Å². The van der Waals surface area contributed by atoms with Gasteiger partial charge in [0.2, 0.25) is 0 Å². The average molecular weight is 307 g/mol. The van der Waals surface area contributed by atoms with Gasteiger partial charge in [-0.1, -0.05) is 64.7 Å². The molecule has 0 aromatic rings. The number of rotatable bonds is 13. The molecule has 0 aliphatic carbocycles. The third kappa shape index (κ3) is 12.6. The van der Waals surface area contributed by atoms with Crippen molar-refractivity contribution in [3.8, 4) is 0 Å². The first kappa shape index (κ1) is 21.4. The summed E-state index contributed by atoms with van der Waals surface area (Å²) in [5.41, 5.74) is 0. The van der Waals surface area contributed by atoms with Crippen LogP contribution in [0.1, 0.15) is 84.5 Å². The third-order valence-corrected chi connectivity index (χ3v) is 3.88. The summed E-state index contributed by atoms with van der Waals surface area (Å²) in [6.07, 6.45) is 14.2. The minimum atomic E-state index is -0.259. The molecule has 1 saturated heterocycles. The van der Waals surface area contributed by atoms with Crippen molar-refractivity contribution < 1.29 is 14.3 Å². The van der Waals surface area contributed by atoms with Crippen molar-refractivity contribution in [1.82, 2.24) is 0 Å². The fourth-order valence-corrected chi connectivity index (χ4v) is 2.44. The standard InChI is InChI=1S/C17H32O3.Na/c1-3-4-5-6-7-8-9-10-11-12-13-15(2)20-17(18)16-14-19-16;/h15-16H,3-14H2,1-2H3;. The van der Waals surface area contributed by atoms with Crippen LogP contribution in [0.3, 0.4) is 0 Å². The molecule has 4 heteroatoms. The van der Waals surface area contributed by atoms with Crippen molar-refractivity contribution in [2.45, 2.75) is 96.7 Å². The smallest absolute Gasteiger partial charge is 0.337 e. The zero-order valence-corrected chi connectivity index (χ0v) is 16.4. The van der Waals surface area contributed by atoms with Gasteiger partial charge in [0.15, 0.2) is 6.10 Å². The van der Waals surface area contributed by atoms with Crippen LogP contribution in [0.2, 0.25) is 0 Å². The SMILES string of the molecule is CCCCCCCCCCCCC(C)OC(=O)C1CO1.[Na]. The van der Waals surface area contributed by atoms with Crippen LogP contribution in [0, 0.1) is 0 Å². The molecule has 0 saturated carbocycles. The molecule has 119 valence electrons. The van der Waals surface area contributed by atoms with Crippen LogP contribution in [-0.2, 0) is 14.3 Å². The number of ether oxygens (including phenoxy) is 2. The molecule has 0 aromatic carbocycles. The molecule has 1 fully saturated rings. The van der Waals surface area contributed by atoms with Crippen LogP contribution in [0.15, 0.2) is 0 Å². The number of carbonyl (C=O) groups is 1. The zero-order chi connectivity index (χ0) is 14.6. The number of hydrogen-bond acceptors (Lipinski definition) is 3. The molecule has 0 spiro atoms. The number of unbranched alkanes of at least 4 members (excludes halogenated alkanes) is 9. The topological polar surface area (TPSA) is 38.8 Å². The van der Waals surface area contributed by atoms with Gasteiger partial charge in [-0.05, 0) is 19.8 Å². The van der Waals surface area contributed by atoms with Crippen molar-refractivity contribution in [1.29, 1.82) is 0 Å². The first-order valence-electron chi connectivity index (χ1n) is 8.56. The van der Waals surface area contributed by atoms with E-state index in [2.05, 4.69) is 6.92 Å². The van der Waals surface area contributed by atoms with E-state index in [1.54, 1.807) is 0 Å². The molecule has 1 heterocycles. The monoisotopic (exact) mass is 307 g/mol. The molecule has 3 nitrogen and oxygen atoms in total. The van der Waals surface area contributed by atoms with E-state index in [0.29, 0.717) is 6.61 Å². The van der Waals surface area contributed by atoms with Gasteiger partial charge < -0.3 is 9.47 Å². The predicted octanol–water partition coefficient (Wildman–Crippen LogP) is 4.25. The van der Waals surface area contributed by atoms with Crippen molar-refractivity contribution in [3.63, 3.8) is 0 Å². The zero-order valence-electron chi connectivity index (χ0n) is 14.4. The van der Waals surface area contributed by atoms with Gasteiger partial charge in [-0.3, -0.25) is 0 Å². The third-order valence-electron chi connectivity index (χ3n) is 3.88. The summed E-state index contributed by atoms with van der Waals surface area (Å²) in [6.45, 7) is 4.79. The van der Waals surface area contributed by atoms with Gasteiger partial charge >= 0.3 is 5.97 Å². The molecule has 21 heavy (non-hydrogen) atoms. The normalized spacial score (nSPS) is 17.9. The Morgan fingerprint density at radius 2 is 1.52 bits per heavy atom. The molecule has 1 radical (unpaired) electrons. The van der Waals surface area contributed by atoms with Crippen LogP contribution < -0.4 is 0 Å². The Balaban J connectivity index is 0.00000400. The van der Waals surface area contributed by atoms with Crippen LogP contribution in [0.25, 0.3) is 0 Å². The predicted molar refractivity (Wildman–Crippen MR) is 87.5 cm³/mol. The summed E-state index contributed by atoms with van der Waals surface area (Å²) in [6, 6.07) is 0. The van der Waals surface area contributed by atoms with Crippen LogP contribution in [-0.4, -0.2) is 54.3 Å². The second-order valence-electron chi connectivity index (χ2n) is 6.04. The van der Waals surface area contributed by atoms with E-state index in [1.807, 2.05) is 6.92 Å². The van der Waals surface area contributed by atoms with Crippen molar-refractivity contribution in [2.24, 2.45) is 0 Å².